The molecule has 0 bridgehead atoms. The van der Waals surface area contributed by atoms with Crippen molar-refractivity contribution in [3.05, 3.63) is 24.0 Å². The summed E-state index contributed by atoms with van der Waals surface area (Å²) in [4.78, 5) is 0. The molecule has 0 atom stereocenters. The minimum atomic E-state index is -4.12. The number of hydrogen-bond acceptors (Lipinski definition) is 0. The summed E-state index contributed by atoms with van der Waals surface area (Å²) in [6.07, 6.45) is -1.23. The van der Waals surface area contributed by atoms with Crippen molar-refractivity contribution >= 4 is 0 Å². The first-order valence-corrected chi connectivity index (χ1v) is 3.16. The van der Waals surface area contributed by atoms with E-state index in [2.05, 4.69) is 0 Å². The summed E-state index contributed by atoms with van der Waals surface area (Å²) in [7, 11) is 0. The second-order valence-corrected chi connectivity index (χ2v) is 2.48. The first-order valence-electron chi connectivity index (χ1n) is 3.16. The van der Waals surface area contributed by atoms with Gasteiger partial charge in [0.25, 0.3) is 0 Å². The Labute approximate surface area is 62.4 Å². The Morgan fingerprint density at radius 3 is 2.45 bits per heavy atom. The fourth-order valence-electron chi connectivity index (χ4n) is 0.866. The Morgan fingerprint density at radius 2 is 2.09 bits per heavy atom. The fraction of sp³-hybridized carbons (Fsp3) is 0.429. The lowest BCUT2D eigenvalue weighted by atomic mass is 10.4. The third-order valence-electron chi connectivity index (χ3n) is 1.26. The molecule has 4 heteroatoms. The van der Waals surface area contributed by atoms with Crippen LogP contribution in [0.3, 0.4) is 0 Å². The van der Waals surface area contributed by atoms with E-state index in [1.807, 2.05) is 0 Å². The Hall–Kier alpha value is -0.930. The van der Waals surface area contributed by atoms with Crippen molar-refractivity contribution in [2.45, 2.75) is 19.6 Å². The molecule has 0 fully saturated rings. The molecule has 0 radical (unpaired) electrons. The van der Waals surface area contributed by atoms with Crippen molar-refractivity contribution < 1.29 is 13.2 Å². The van der Waals surface area contributed by atoms with Crippen molar-refractivity contribution in [1.29, 1.82) is 0 Å². The largest absolute Gasteiger partial charge is 0.406 e. The highest BCUT2D eigenvalue weighted by atomic mass is 19.4. The number of aromatic nitrogens is 1. The fourth-order valence-corrected chi connectivity index (χ4v) is 0.866. The maximum atomic E-state index is 11.7. The van der Waals surface area contributed by atoms with Gasteiger partial charge in [-0.05, 0) is 18.6 Å². The highest BCUT2D eigenvalue weighted by molar-refractivity contribution is 5.07. The Morgan fingerprint density at radius 1 is 1.45 bits per heavy atom. The van der Waals surface area contributed by atoms with E-state index in [1.54, 1.807) is 13.0 Å². The average Bonchev–Trinajstić information content (AvgIpc) is 2.10. The molecule has 0 saturated carbocycles. The van der Waals surface area contributed by atoms with E-state index in [0.717, 1.165) is 10.1 Å². The molecule has 1 rings (SSSR count). The standard InChI is InChI=1S/C7H8F3N/c1-6-2-3-11(4-6)5-7(8,9)10/h2-4H,5H2,1H3. The van der Waals surface area contributed by atoms with Crippen LogP contribution in [-0.4, -0.2) is 10.7 Å². The van der Waals surface area contributed by atoms with Crippen LogP contribution in [0.25, 0.3) is 0 Å². The molecule has 1 aromatic heterocycles. The first kappa shape index (κ1) is 8.17. The van der Waals surface area contributed by atoms with Crippen LogP contribution in [0.2, 0.25) is 0 Å². The second-order valence-electron chi connectivity index (χ2n) is 2.48. The molecule has 62 valence electrons. The number of hydrogen-bond donors (Lipinski definition) is 0. The summed E-state index contributed by atoms with van der Waals surface area (Å²) in [6.45, 7) is 0.855. The molecule has 11 heavy (non-hydrogen) atoms. The van der Waals surface area contributed by atoms with Gasteiger partial charge in [-0.15, -0.1) is 0 Å². The van der Waals surface area contributed by atoms with E-state index in [4.69, 9.17) is 0 Å². The molecule has 0 aliphatic heterocycles. The maximum absolute atomic E-state index is 11.7. The van der Waals surface area contributed by atoms with Gasteiger partial charge in [0.1, 0.15) is 6.54 Å². The van der Waals surface area contributed by atoms with E-state index < -0.39 is 12.7 Å². The molecule has 1 aromatic rings. The lowest BCUT2D eigenvalue weighted by molar-refractivity contribution is -0.140. The zero-order chi connectivity index (χ0) is 8.48. The molecule has 0 amide bonds. The van der Waals surface area contributed by atoms with Crippen LogP contribution in [0.15, 0.2) is 18.5 Å². The monoisotopic (exact) mass is 163 g/mol. The zero-order valence-electron chi connectivity index (χ0n) is 6.02. The van der Waals surface area contributed by atoms with E-state index in [9.17, 15) is 13.2 Å². The van der Waals surface area contributed by atoms with E-state index in [1.165, 1.54) is 12.4 Å². The van der Waals surface area contributed by atoms with Gasteiger partial charge in [0.05, 0.1) is 0 Å². The smallest absolute Gasteiger partial charge is 0.345 e. The lowest BCUT2D eigenvalue weighted by Gasteiger charge is -2.06. The molecule has 1 heterocycles. The number of nitrogens with zero attached hydrogens (tertiary/aromatic N) is 1. The Kier molecular flexibility index (Phi) is 1.93. The first-order chi connectivity index (χ1) is 4.97. The van der Waals surface area contributed by atoms with Crippen LogP contribution >= 0.6 is 0 Å². The van der Waals surface area contributed by atoms with Gasteiger partial charge in [-0.2, -0.15) is 13.2 Å². The average molecular weight is 163 g/mol. The highest BCUT2D eigenvalue weighted by Gasteiger charge is 2.27. The van der Waals surface area contributed by atoms with Crippen molar-refractivity contribution in [1.82, 2.24) is 4.57 Å². The summed E-state index contributed by atoms with van der Waals surface area (Å²) in [6, 6.07) is 1.64. The molecule has 0 saturated heterocycles. The SMILES string of the molecule is Cc1ccn(CC(F)(F)F)c1. The summed E-state index contributed by atoms with van der Waals surface area (Å²) in [5.41, 5.74) is 0.842. The summed E-state index contributed by atoms with van der Waals surface area (Å²) in [5.74, 6) is 0. The number of aryl methyl sites for hydroxylation is 1. The molecule has 0 aromatic carbocycles. The van der Waals surface area contributed by atoms with Crippen LogP contribution < -0.4 is 0 Å². The highest BCUT2D eigenvalue weighted by Crippen LogP contribution is 2.17. The van der Waals surface area contributed by atoms with Crippen molar-refractivity contribution in [3.8, 4) is 0 Å². The van der Waals surface area contributed by atoms with Gasteiger partial charge in [0, 0.05) is 12.4 Å². The quantitative estimate of drug-likeness (QED) is 0.598. The summed E-state index contributed by atoms with van der Waals surface area (Å²) >= 11 is 0. The molecule has 0 unspecified atom stereocenters. The molecule has 0 aliphatic rings. The van der Waals surface area contributed by atoms with Crippen molar-refractivity contribution in [2.75, 3.05) is 0 Å². The molecule has 0 aliphatic carbocycles. The van der Waals surface area contributed by atoms with Gasteiger partial charge in [0.2, 0.25) is 0 Å². The minimum absolute atomic E-state index is 0.842. The predicted octanol–water partition coefficient (Wildman–Crippen LogP) is 2.36. The van der Waals surface area contributed by atoms with Gasteiger partial charge in [-0.3, -0.25) is 0 Å². The maximum Gasteiger partial charge on any atom is 0.406 e. The Balaban J connectivity index is 2.65. The topological polar surface area (TPSA) is 4.93 Å². The van der Waals surface area contributed by atoms with Gasteiger partial charge in [-0.25, -0.2) is 0 Å². The molecule has 0 N–H and O–H groups in total. The van der Waals surface area contributed by atoms with Crippen molar-refractivity contribution in [2.24, 2.45) is 0 Å². The van der Waals surface area contributed by atoms with Gasteiger partial charge >= 0.3 is 6.18 Å². The molecule has 0 spiro atoms. The third-order valence-corrected chi connectivity index (χ3v) is 1.26. The molecule has 1 nitrogen and oxygen atoms in total. The number of alkyl halides is 3. The summed E-state index contributed by atoms with van der Waals surface area (Å²) < 4.78 is 36.3. The summed E-state index contributed by atoms with van der Waals surface area (Å²) in [5, 5.41) is 0. The van der Waals surface area contributed by atoms with Crippen LogP contribution in [0.4, 0.5) is 13.2 Å². The van der Waals surface area contributed by atoms with E-state index in [0.29, 0.717) is 0 Å². The number of halogens is 3. The van der Waals surface area contributed by atoms with Crippen LogP contribution in [0.1, 0.15) is 5.56 Å². The lowest BCUT2D eigenvalue weighted by Crippen LogP contribution is -2.16. The predicted molar refractivity (Wildman–Crippen MR) is 35.2 cm³/mol. The third kappa shape index (κ3) is 2.65. The second kappa shape index (κ2) is 2.60. The van der Waals surface area contributed by atoms with E-state index in [-0.39, 0.29) is 0 Å². The van der Waals surface area contributed by atoms with Gasteiger partial charge in [0.15, 0.2) is 0 Å². The van der Waals surface area contributed by atoms with Crippen LogP contribution in [0, 0.1) is 6.92 Å². The van der Waals surface area contributed by atoms with Gasteiger partial charge in [-0.1, -0.05) is 0 Å². The van der Waals surface area contributed by atoms with Crippen molar-refractivity contribution in [3.63, 3.8) is 0 Å². The minimum Gasteiger partial charge on any atom is -0.345 e. The normalized spacial score (nSPS) is 12.0. The van der Waals surface area contributed by atoms with Gasteiger partial charge < -0.3 is 4.57 Å². The Bertz CT molecular complexity index is 236. The van der Waals surface area contributed by atoms with E-state index >= 15 is 0 Å². The molecular weight excluding hydrogens is 155 g/mol. The number of rotatable bonds is 1. The molecular formula is C7H8F3N. The van der Waals surface area contributed by atoms with Crippen LogP contribution in [-0.2, 0) is 6.54 Å². The van der Waals surface area contributed by atoms with Crippen LogP contribution in [0.5, 0.6) is 0 Å². The zero-order valence-corrected chi connectivity index (χ0v) is 6.02.